The van der Waals surface area contributed by atoms with Crippen LogP contribution in [0.3, 0.4) is 0 Å². The Hall–Kier alpha value is -4.01. The summed E-state index contributed by atoms with van der Waals surface area (Å²) in [7, 11) is 0. The predicted molar refractivity (Wildman–Crippen MR) is 105 cm³/mol. The molecule has 13 nitrogen and oxygen atoms in total. The third-order valence-corrected chi connectivity index (χ3v) is 3.66. The second-order valence-corrected chi connectivity index (χ2v) is 6.09. The molecule has 0 bridgehead atoms. The van der Waals surface area contributed by atoms with Crippen molar-refractivity contribution in [3.63, 3.8) is 0 Å². The van der Waals surface area contributed by atoms with Crippen LogP contribution in [0.4, 0.5) is 23.2 Å². The van der Waals surface area contributed by atoms with E-state index in [0.29, 0.717) is 5.06 Å². The molecule has 18 heteroatoms. The molecule has 0 unspecified atom stereocenters. The number of aliphatic carboxylic acids is 1. The molecule has 0 aliphatic heterocycles. The normalized spacial score (nSPS) is 11.1. The molecule has 0 aliphatic carbocycles. The van der Waals surface area contributed by atoms with Gasteiger partial charge >= 0.3 is 12.1 Å². The van der Waals surface area contributed by atoms with E-state index in [1.54, 1.807) is 6.19 Å². The number of benzene rings is 1. The number of alkyl halides is 3. The Morgan fingerprint density at radius 3 is 2.53 bits per heavy atom. The van der Waals surface area contributed by atoms with Gasteiger partial charge in [-0.25, -0.2) is 18.9 Å². The zero-order chi connectivity index (χ0) is 25.9. The van der Waals surface area contributed by atoms with E-state index in [9.17, 15) is 22.8 Å². The van der Waals surface area contributed by atoms with Gasteiger partial charge in [-0.3, -0.25) is 10.6 Å². The lowest BCUT2D eigenvalue weighted by molar-refractivity contribution is -0.192. The zero-order valence-electron chi connectivity index (χ0n) is 16.6. The topological polar surface area (TPSA) is 204 Å². The summed E-state index contributed by atoms with van der Waals surface area (Å²) >= 11 is 5.67. The number of hydroxylamine groups is 1. The molecule has 0 saturated carbocycles. The van der Waals surface area contributed by atoms with Crippen LogP contribution in [0.1, 0.15) is 11.4 Å². The summed E-state index contributed by atoms with van der Waals surface area (Å²) in [5.41, 5.74) is 0.0530. The maximum Gasteiger partial charge on any atom is 0.490 e. The Balaban J connectivity index is 0.000000718. The lowest BCUT2D eigenvalue weighted by Gasteiger charge is -2.17. The van der Waals surface area contributed by atoms with Gasteiger partial charge in [0.1, 0.15) is 11.5 Å². The van der Waals surface area contributed by atoms with Crippen LogP contribution in [-0.2, 0) is 11.3 Å². The Morgan fingerprint density at radius 2 is 2.00 bits per heavy atom. The Bertz CT molecular complexity index is 1070. The highest BCUT2D eigenvalue weighted by Gasteiger charge is 2.38. The van der Waals surface area contributed by atoms with Gasteiger partial charge in [0.05, 0.1) is 23.9 Å². The van der Waals surface area contributed by atoms with Gasteiger partial charge in [-0.05, 0) is 23.4 Å². The van der Waals surface area contributed by atoms with E-state index in [1.165, 1.54) is 6.07 Å². The number of nitrogens with one attached hydrogen (secondary N) is 3. The smallest absolute Gasteiger partial charge is 0.475 e. The molecule has 184 valence electrons. The number of aliphatic hydroxyl groups excluding tert-OH is 1. The van der Waals surface area contributed by atoms with E-state index >= 15 is 0 Å². The van der Waals surface area contributed by atoms with Gasteiger partial charge in [-0.1, -0.05) is 16.8 Å². The molecule has 0 radical (unpaired) electrons. The number of aliphatic imine (C=N–C) groups is 1. The number of carboxylic acid groups (broad SMARTS) is 1. The molecule has 34 heavy (non-hydrogen) atoms. The number of hydrogen-bond donors (Lipinski definition) is 6. The largest absolute Gasteiger partial charge is 0.490 e. The SMILES string of the molecule is N#C/N=C(\NCCO)NCc1nonc1C(=N)N(O)c1ccc(F)c(Cl)c1.O=C(O)C(F)(F)F. The molecule has 2 rings (SSSR count). The summed E-state index contributed by atoms with van der Waals surface area (Å²) in [6, 6.07) is 3.39. The van der Waals surface area contributed by atoms with Gasteiger partial charge < -0.3 is 20.8 Å². The van der Waals surface area contributed by atoms with Crippen LogP contribution in [-0.4, -0.2) is 62.8 Å². The van der Waals surface area contributed by atoms with Gasteiger partial charge in [0.25, 0.3) is 0 Å². The van der Waals surface area contributed by atoms with E-state index in [1.807, 2.05) is 0 Å². The number of halogens is 5. The van der Waals surface area contributed by atoms with Crippen molar-refractivity contribution in [1.82, 2.24) is 20.9 Å². The maximum atomic E-state index is 13.2. The minimum atomic E-state index is -5.08. The number of nitriles is 1. The number of hydrogen-bond acceptors (Lipinski definition) is 9. The third kappa shape index (κ3) is 8.50. The number of amidine groups is 1. The van der Waals surface area contributed by atoms with Crippen molar-refractivity contribution in [3.05, 3.63) is 40.4 Å². The summed E-state index contributed by atoms with van der Waals surface area (Å²) in [4.78, 5) is 12.4. The summed E-state index contributed by atoms with van der Waals surface area (Å²) in [5.74, 6) is -3.86. The van der Waals surface area contributed by atoms with Gasteiger partial charge in [-0.2, -0.15) is 18.4 Å². The molecule has 0 spiro atoms. The second kappa shape index (κ2) is 12.9. The van der Waals surface area contributed by atoms with Crippen molar-refractivity contribution >= 4 is 35.1 Å². The monoisotopic (exact) mass is 510 g/mol. The predicted octanol–water partition coefficient (Wildman–Crippen LogP) is 1.23. The number of rotatable bonds is 6. The van der Waals surface area contributed by atoms with E-state index in [2.05, 4.69) is 30.6 Å². The zero-order valence-corrected chi connectivity index (χ0v) is 17.4. The van der Waals surface area contributed by atoms with Crippen LogP contribution in [0, 0.1) is 22.7 Å². The molecule has 6 N–H and O–H groups in total. The van der Waals surface area contributed by atoms with Crippen molar-refractivity contribution in [3.8, 4) is 6.19 Å². The molecule has 0 atom stereocenters. The first kappa shape index (κ1) is 28.0. The van der Waals surface area contributed by atoms with Crippen LogP contribution < -0.4 is 15.7 Å². The first-order valence-electron chi connectivity index (χ1n) is 8.62. The number of carbonyl (C=O) groups is 1. The average molecular weight is 511 g/mol. The fourth-order valence-electron chi connectivity index (χ4n) is 1.88. The fraction of sp³-hybridized carbons (Fsp3) is 0.250. The first-order valence-corrected chi connectivity index (χ1v) is 9.00. The number of nitrogens with zero attached hydrogens (tertiary/aromatic N) is 5. The van der Waals surface area contributed by atoms with Gasteiger partial charge in [0.2, 0.25) is 12.2 Å². The van der Waals surface area contributed by atoms with E-state index < -0.39 is 23.8 Å². The summed E-state index contributed by atoms with van der Waals surface area (Å²) in [5, 5.41) is 55.6. The minimum Gasteiger partial charge on any atom is -0.475 e. The van der Waals surface area contributed by atoms with Crippen LogP contribution in [0.15, 0.2) is 27.8 Å². The Labute approximate surface area is 192 Å². The van der Waals surface area contributed by atoms with Crippen molar-refractivity contribution in [2.24, 2.45) is 4.99 Å². The average Bonchev–Trinajstić information content (AvgIpc) is 3.25. The Kier molecular flexibility index (Phi) is 10.6. The Morgan fingerprint density at radius 1 is 1.35 bits per heavy atom. The summed E-state index contributed by atoms with van der Waals surface area (Å²) < 4.78 is 49.6. The first-order chi connectivity index (χ1) is 15.9. The molecule has 1 aromatic heterocycles. The molecule has 1 aromatic carbocycles. The number of aromatic nitrogens is 2. The molecular formula is C16H15ClF4N8O5. The highest BCUT2D eigenvalue weighted by molar-refractivity contribution is 6.31. The lowest BCUT2D eigenvalue weighted by atomic mass is 10.2. The highest BCUT2D eigenvalue weighted by atomic mass is 35.5. The fourth-order valence-corrected chi connectivity index (χ4v) is 2.06. The maximum absolute atomic E-state index is 13.2. The number of aliphatic hydroxyl groups is 1. The summed E-state index contributed by atoms with van der Waals surface area (Å²) in [6.45, 7) is -0.0750. The molecule has 1 heterocycles. The van der Waals surface area contributed by atoms with E-state index in [-0.39, 0.29) is 47.8 Å². The number of guanidine groups is 1. The van der Waals surface area contributed by atoms with Crippen LogP contribution in [0.5, 0.6) is 0 Å². The van der Waals surface area contributed by atoms with Crippen molar-refractivity contribution < 1.29 is 42.4 Å². The lowest BCUT2D eigenvalue weighted by Crippen LogP contribution is -2.38. The van der Waals surface area contributed by atoms with Crippen LogP contribution >= 0.6 is 11.6 Å². The molecule has 0 aliphatic rings. The summed E-state index contributed by atoms with van der Waals surface area (Å²) in [6.07, 6.45) is -3.50. The molecular weight excluding hydrogens is 496 g/mol. The second-order valence-electron chi connectivity index (χ2n) is 5.69. The van der Waals surface area contributed by atoms with Gasteiger partial charge in [0, 0.05) is 6.54 Å². The van der Waals surface area contributed by atoms with E-state index in [0.717, 1.165) is 12.1 Å². The van der Waals surface area contributed by atoms with Gasteiger partial charge in [0.15, 0.2) is 11.5 Å². The van der Waals surface area contributed by atoms with Crippen LogP contribution in [0.25, 0.3) is 0 Å². The molecule has 0 amide bonds. The van der Waals surface area contributed by atoms with Crippen LogP contribution in [0.2, 0.25) is 5.02 Å². The minimum absolute atomic E-state index is 0.0321. The standard InChI is InChI=1S/C14H14ClFN8O3.C2HF3O2/c15-9-5-8(1-2-10(9)16)24(26)13(18)12-11(22-27-23-12)6-20-14(21-7-17)19-3-4-25;3-2(4,5)1(6)7/h1-2,5,18,25-26H,3-4,6H2,(H2,19,20,21);(H,6,7). The number of carboxylic acids is 1. The van der Waals surface area contributed by atoms with Crippen molar-refractivity contribution in [2.75, 3.05) is 18.2 Å². The highest BCUT2D eigenvalue weighted by Crippen LogP contribution is 2.23. The molecule has 0 fully saturated rings. The van der Waals surface area contributed by atoms with Crippen molar-refractivity contribution in [2.45, 2.75) is 12.7 Å². The van der Waals surface area contributed by atoms with E-state index in [4.69, 9.17) is 37.3 Å². The number of anilines is 1. The van der Waals surface area contributed by atoms with Crippen molar-refractivity contribution in [1.29, 1.82) is 10.7 Å². The molecule has 0 saturated heterocycles. The third-order valence-electron chi connectivity index (χ3n) is 3.37. The molecule has 2 aromatic rings. The van der Waals surface area contributed by atoms with Gasteiger partial charge in [-0.15, -0.1) is 4.99 Å². The quantitative estimate of drug-likeness (QED) is 0.107.